The first-order valence-corrected chi connectivity index (χ1v) is 8.75. The van der Waals surface area contributed by atoms with E-state index in [1.165, 1.54) is 0 Å². The minimum atomic E-state index is -0.883. The van der Waals surface area contributed by atoms with Crippen LogP contribution >= 0.6 is 11.6 Å². The molecule has 1 saturated carbocycles. The molecule has 1 aromatic carbocycles. The Labute approximate surface area is 143 Å². The van der Waals surface area contributed by atoms with Gasteiger partial charge in [0.2, 0.25) is 0 Å². The zero-order chi connectivity index (χ0) is 16.4. The van der Waals surface area contributed by atoms with Gasteiger partial charge >= 0.3 is 0 Å². The number of fused-ring (bicyclic) bond motifs is 1. The molecule has 23 heavy (non-hydrogen) atoms. The second kappa shape index (κ2) is 6.98. The Kier molecular flexibility index (Phi) is 5.16. The highest BCUT2D eigenvalue weighted by molar-refractivity contribution is 6.32. The first-order valence-electron chi connectivity index (χ1n) is 8.37. The van der Waals surface area contributed by atoms with Crippen LogP contribution in [0.2, 0.25) is 5.02 Å². The van der Waals surface area contributed by atoms with Crippen LogP contribution in [0.25, 0.3) is 0 Å². The van der Waals surface area contributed by atoms with Gasteiger partial charge in [0, 0.05) is 5.56 Å². The van der Waals surface area contributed by atoms with Gasteiger partial charge in [-0.2, -0.15) is 0 Å². The van der Waals surface area contributed by atoms with Gasteiger partial charge in [-0.05, 0) is 57.7 Å². The maximum atomic E-state index is 9.77. The predicted molar refractivity (Wildman–Crippen MR) is 90.9 cm³/mol. The SMILES string of the molecule is CC(C)(O)COc1cccc(CO[C@H]2C[C@H]3CNC[C@H]3C2)c1Cl. The predicted octanol–water partition coefficient (Wildman–Crippen LogP) is 3.00. The van der Waals surface area contributed by atoms with Crippen LogP contribution in [0.5, 0.6) is 5.75 Å². The lowest BCUT2D eigenvalue weighted by Crippen LogP contribution is -2.28. The molecule has 1 aliphatic heterocycles. The lowest BCUT2D eigenvalue weighted by Gasteiger charge is -2.19. The molecule has 1 heterocycles. The van der Waals surface area contributed by atoms with Crippen molar-refractivity contribution in [1.82, 2.24) is 5.32 Å². The normalized spacial score (nSPS) is 27.2. The molecule has 0 radical (unpaired) electrons. The maximum Gasteiger partial charge on any atom is 0.138 e. The lowest BCUT2D eigenvalue weighted by atomic mass is 10.0. The molecule has 1 aromatic rings. The molecule has 0 aromatic heterocycles. The van der Waals surface area contributed by atoms with Gasteiger partial charge < -0.3 is 19.9 Å². The Morgan fingerprint density at radius 2 is 1.96 bits per heavy atom. The van der Waals surface area contributed by atoms with Gasteiger partial charge in [0.05, 0.1) is 23.3 Å². The standard InChI is InChI=1S/C18H26ClNO3/c1-18(2,21)11-23-16-5-3-4-12(17(16)19)10-22-15-6-13-8-20-9-14(13)7-15/h3-5,13-15,20-21H,6-11H2,1-2H3/t13-,14+,15-. The van der Waals surface area contributed by atoms with Crippen molar-refractivity contribution in [3.63, 3.8) is 0 Å². The van der Waals surface area contributed by atoms with E-state index in [9.17, 15) is 5.11 Å². The van der Waals surface area contributed by atoms with Gasteiger partial charge in [0.15, 0.2) is 0 Å². The summed E-state index contributed by atoms with van der Waals surface area (Å²) in [5, 5.41) is 13.8. The third kappa shape index (κ3) is 4.38. The van der Waals surface area contributed by atoms with Gasteiger partial charge in [-0.1, -0.05) is 23.7 Å². The summed E-state index contributed by atoms with van der Waals surface area (Å²) in [6, 6.07) is 5.71. The van der Waals surface area contributed by atoms with E-state index in [2.05, 4.69) is 5.32 Å². The molecule has 0 bridgehead atoms. The number of aliphatic hydroxyl groups is 1. The minimum absolute atomic E-state index is 0.204. The van der Waals surface area contributed by atoms with Crippen molar-refractivity contribution in [1.29, 1.82) is 0 Å². The summed E-state index contributed by atoms with van der Waals surface area (Å²) in [7, 11) is 0. The van der Waals surface area contributed by atoms with E-state index in [1.54, 1.807) is 13.8 Å². The molecule has 0 spiro atoms. The second-order valence-electron chi connectivity index (χ2n) is 7.41. The second-order valence-corrected chi connectivity index (χ2v) is 7.79. The summed E-state index contributed by atoms with van der Waals surface area (Å²) in [5.41, 5.74) is 0.0565. The van der Waals surface area contributed by atoms with Crippen LogP contribution in [0.4, 0.5) is 0 Å². The Balaban J connectivity index is 1.56. The number of halogens is 1. The Bertz CT molecular complexity index is 532. The first-order chi connectivity index (χ1) is 10.9. The largest absolute Gasteiger partial charge is 0.489 e. The highest BCUT2D eigenvalue weighted by atomic mass is 35.5. The lowest BCUT2D eigenvalue weighted by molar-refractivity contribution is 0.0280. The molecule has 0 unspecified atom stereocenters. The summed E-state index contributed by atoms with van der Waals surface area (Å²) in [6.45, 7) is 6.39. The Morgan fingerprint density at radius 3 is 2.61 bits per heavy atom. The van der Waals surface area contributed by atoms with Gasteiger partial charge in [-0.15, -0.1) is 0 Å². The van der Waals surface area contributed by atoms with E-state index in [-0.39, 0.29) is 6.61 Å². The summed E-state index contributed by atoms with van der Waals surface area (Å²) >= 11 is 6.42. The first kappa shape index (κ1) is 17.0. The van der Waals surface area contributed by atoms with E-state index in [0.717, 1.165) is 43.3 Å². The summed E-state index contributed by atoms with van der Waals surface area (Å²) in [6.07, 6.45) is 2.62. The average molecular weight is 340 g/mol. The monoisotopic (exact) mass is 339 g/mol. The molecule has 2 fully saturated rings. The minimum Gasteiger partial charge on any atom is -0.489 e. The smallest absolute Gasteiger partial charge is 0.138 e. The van der Waals surface area contributed by atoms with Crippen molar-refractivity contribution in [2.45, 2.75) is 45.0 Å². The molecule has 128 valence electrons. The molecular weight excluding hydrogens is 314 g/mol. The molecule has 2 N–H and O–H groups in total. The Morgan fingerprint density at radius 1 is 1.26 bits per heavy atom. The summed E-state index contributed by atoms with van der Waals surface area (Å²) in [4.78, 5) is 0. The van der Waals surface area contributed by atoms with Crippen molar-refractivity contribution in [3.05, 3.63) is 28.8 Å². The fraction of sp³-hybridized carbons (Fsp3) is 0.667. The highest BCUT2D eigenvalue weighted by Crippen LogP contribution is 2.37. The molecule has 1 saturated heterocycles. The van der Waals surface area contributed by atoms with Crippen LogP contribution < -0.4 is 10.1 Å². The fourth-order valence-corrected chi connectivity index (χ4v) is 3.72. The number of benzene rings is 1. The van der Waals surface area contributed by atoms with Crippen LogP contribution in [0.15, 0.2) is 18.2 Å². The zero-order valence-corrected chi connectivity index (χ0v) is 14.6. The fourth-order valence-electron chi connectivity index (χ4n) is 3.49. The highest BCUT2D eigenvalue weighted by Gasteiger charge is 2.37. The molecule has 0 amide bonds. The number of nitrogens with one attached hydrogen (secondary N) is 1. The molecule has 4 nitrogen and oxygen atoms in total. The molecular formula is C18H26ClNO3. The number of hydrogen-bond acceptors (Lipinski definition) is 4. The quantitative estimate of drug-likeness (QED) is 0.836. The third-order valence-corrected chi connectivity index (χ3v) is 5.14. The van der Waals surface area contributed by atoms with E-state index < -0.39 is 5.60 Å². The van der Waals surface area contributed by atoms with Crippen LogP contribution in [-0.2, 0) is 11.3 Å². The molecule has 1 aliphatic carbocycles. The number of ether oxygens (including phenoxy) is 2. The van der Waals surface area contributed by atoms with Gasteiger partial charge in [0.1, 0.15) is 12.4 Å². The molecule has 3 rings (SSSR count). The van der Waals surface area contributed by atoms with Crippen molar-refractivity contribution >= 4 is 11.6 Å². The van der Waals surface area contributed by atoms with Crippen LogP contribution in [-0.4, -0.2) is 36.5 Å². The van der Waals surface area contributed by atoms with E-state index in [1.807, 2.05) is 18.2 Å². The van der Waals surface area contributed by atoms with E-state index in [4.69, 9.17) is 21.1 Å². The van der Waals surface area contributed by atoms with E-state index in [0.29, 0.717) is 23.5 Å². The third-order valence-electron chi connectivity index (χ3n) is 4.71. The van der Waals surface area contributed by atoms with Crippen molar-refractivity contribution < 1.29 is 14.6 Å². The molecule has 2 aliphatic rings. The average Bonchev–Trinajstić information content (AvgIpc) is 3.05. The molecule has 3 atom stereocenters. The topological polar surface area (TPSA) is 50.7 Å². The summed E-state index contributed by atoms with van der Waals surface area (Å²) < 4.78 is 11.7. The van der Waals surface area contributed by atoms with Gasteiger partial charge in [0.25, 0.3) is 0 Å². The molecule has 5 heteroatoms. The zero-order valence-electron chi connectivity index (χ0n) is 13.8. The number of hydrogen-bond donors (Lipinski definition) is 2. The number of rotatable bonds is 6. The maximum absolute atomic E-state index is 9.77. The van der Waals surface area contributed by atoms with Crippen molar-refractivity contribution in [2.24, 2.45) is 11.8 Å². The van der Waals surface area contributed by atoms with Crippen LogP contribution in [0.1, 0.15) is 32.3 Å². The van der Waals surface area contributed by atoms with Gasteiger partial charge in [-0.3, -0.25) is 0 Å². The Hall–Kier alpha value is -0.810. The van der Waals surface area contributed by atoms with Crippen molar-refractivity contribution in [2.75, 3.05) is 19.7 Å². The van der Waals surface area contributed by atoms with Crippen LogP contribution in [0, 0.1) is 11.8 Å². The van der Waals surface area contributed by atoms with E-state index >= 15 is 0 Å². The van der Waals surface area contributed by atoms with Crippen LogP contribution in [0.3, 0.4) is 0 Å². The van der Waals surface area contributed by atoms with Crippen molar-refractivity contribution in [3.8, 4) is 5.75 Å². The van der Waals surface area contributed by atoms with Gasteiger partial charge in [-0.25, -0.2) is 0 Å². The summed E-state index contributed by atoms with van der Waals surface area (Å²) in [5.74, 6) is 2.15.